The number of likely N-dealkylation sites (N-methyl/N-ethyl adjacent to an activating group) is 1. The summed E-state index contributed by atoms with van der Waals surface area (Å²) in [5, 5.41) is 17.1. The van der Waals surface area contributed by atoms with Crippen LogP contribution in [0.15, 0.2) is 30.5 Å². The molecule has 0 saturated heterocycles. The maximum atomic E-state index is 14.4. The Morgan fingerprint density at radius 3 is 2.87 bits per heavy atom. The van der Waals surface area contributed by atoms with Crippen LogP contribution in [-0.2, 0) is 6.54 Å². The summed E-state index contributed by atoms with van der Waals surface area (Å²) in [6.45, 7) is 5.17. The van der Waals surface area contributed by atoms with Crippen molar-refractivity contribution in [2.45, 2.75) is 26.5 Å². The minimum atomic E-state index is -0.599. The van der Waals surface area contributed by atoms with Gasteiger partial charge in [-0.25, -0.2) is 13.9 Å². The van der Waals surface area contributed by atoms with E-state index in [0.29, 0.717) is 47.8 Å². The van der Waals surface area contributed by atoms with Crippen molar-refractivity contribution in [2.24, 2.45) is 0 Å². The molecule has 1 unspecified atom stereocenters. The summed E-state index contributed by atoms with van der Waals surface area (Å²) < 4.78 is 21.8. The first kappa shape index (κ1) is 21.2. The molecule has 1 N–H and O–H groups in total. The van der Waals surface area contributed by atoms with E-state index in [2.05, 4.69) is 15.4 Å². The molecule has 0 aliphatic rings. The van der Waals surface area contributed by atoms with E-state index < -0.39 is 5.82 Å². The highest BCUT2D eigenvalue weighted by Gasteiger charge is 2.20. The van der Waals surface area contributed by atoms with Crippen LogP contribution in [0.4, 0.5) is 10.2 Å². The van der Waals surface area contributed by atoms with Crippen LogP contribution in [0.1, 0.15) is 35.5 Å². The van der Waals surface area contributed by atoms with E-state index in [1.807, 2.05) is 31.9 Å². The molecule has 1 atom stereocenters. The molecular formula is C21H23FN6O2. The molecule has 2 heterocycles. The van der Waals surface area contributed by atoms with Crippen molar-refractivity contribution in [3.63, 3.8) is 0 Å². The number of imidazole rings is 1. The number of carbonyl (C=O) groups is 1. The Morgan fingerprint density at radius 1 is 1.40 bits per heavy atom. The maximum absolute atomic E-state index is 14.4. The van der Waals surface area contributed by atoms with E-state index in [1.54, 1.807) is 18.2 Å². The van der Waals surface area contributed by atoms with Gasteiger partial charge in [0.2, 0.25) is 0 Å². The third-order valence-electron chi connectivity index (χ3n) is 4.70. The van der Waals surface area contributed by atoms with Crippen LogP contribution in [0.2, 0.25) is 0 Å². The number of anilines is 1. The van der Waals surface area contributed by atoms with Crippen LogP contribution in [-0.4, -0.2) is 47.1 Å². The SMILES string of the molecule is CCN(Cc1c(OC(C)CNC)ccc(F)c1C#N)c1ccc2ncc(C=O)n2n1. The molecule has 156 valence electrons. The van der Waals surface area contributed by atoms with Gasteiger partial charge in [-0.15, -0.1) is 5.10 Å². The van der Waals surface area contributed by atoms with Gasteiger partial charge in [0.15, 0.2) is 11.9 Å². The molecule has 0 radical (unpaired) electrons. The predicted octanol–water partition coefficient (Wildman–Crippen LogP) is 2.57. The zero-order chi connectivity index (χ0) is 21.7. The minimum Gasteiger partial charge on any atom is -0.489 e. The second kappa shape index (κ2) is 9.33. The van der Waals surface area contributed by atoms with Gasteiger partial charge in [-0.05, 0) is 45.2 Å². The molecule has 0 amide bonds. The van der Waals surface area contributed by atoms with E-state index in [-0.39, 0.29) is 18.2 Å². The quantitative estimate of drug-likeness (QED) is 0.542. The van der Waals surface area contributed by atoms with Crippen molar-refractivity contribution in [2.75, 3.05) is 25.0 Å². The van der Waals surface area contributed by atoms with Gasteiger partial charge in [0.1, 0.15) is 35.3 Å². The lowest BCUT2D eigenvalue weighted by molar-refractivity contribution is 0.111. The van der Waals surface area contributed by atoms with Crippen molar-refractivity contribution >= 4 is 17.8 Å². The van der Waals surface area contributed by atoms with Crippen LogP contribution in [0, 0.1) is 17.1 Å². The Balaban J connectivity index is 2.01. The first-order chi connectivity index (χ1) is 14.5. The number of rotatable bonds is 9. The number of ether oxygens (including phenoxy) is 1. The van der Waals surface area contributed by atoms with Gasteiger partial charge in [-0.3, -0.25) is 4.79 Å². The van der Waals surface area contributed by atoms with Crippen LogP contribution >= 0.6 is 0 Å². The van der Waals surface area contributed by atoms with Crippen LogP contribution in [0.5, 0.6) is 5.75 Å². The predicted molar refractivity (Wildman–Crippen MR) is 110 cm³/mol. The molecule has 8 nitrogen and oxygen atoms in total. The van der Waals surface area contributed by atoms with Crippen molar-refractivity contribution in [3.05, 3.63) is 53.1 Å². The fraction of sp³-hybridized carbons (Fsp3) is 0.333. The molecular weight excluding hydrogens is 387 g/mol. The van der Waals surface area contributed by atoms with Gasteiger partial charge in [-0.2, -0.15) is 5.26 Å². The van der Waals surface area contributed by atoms with Crippen molar-refractivity contribution in [3.8, 4) is 11.8 Å². The van der Waals surface area contributed by atoms with Gasteiger partial charge in [-0.1, -0.05) is 0 Å². The van der Waals surface area contributed by atoms with Gasteiger partial charge in [0.25, 0.3) is 0 Å². The second-order valence-electron chi connectivity index (χ2n) is 6.77. The number of nitrogens with zero attached hydrogens (tertiary/aromatic N) is 5. The van der Waals surface area contributed by atoms with E-state index in [1.165, 1.54) is 16.8 Å². The number of aromatic nitrogens is 3. The number of nitrogens with one attached hydrogen (secondary N) is 1. The number of fused-ring (bicyclic) bond motifs is 1. The molecule has 1 aromatic carbocycles. The maximum Gasteiger partial charge on any atom is 0.170 e. The summed E-state index contributed by atoms with van der Waals surface area (Å²) in [5.41, 5.74) is 1.27. The van der Waals surface area contributed by atoms with Crippen LogP contribution < -0.4 is 15.0 Å². The molecule has 3 rings (SSSR count). The zero-order valence-electron chi connectivity index (χ0n) is 17.1. The number of hydrogen-bond acceptors (Lipinski definition) is 7. The molecule has 0 saturated carbocycles. The van der Waals surface area contributed by atoms with Crippen LogP contribution in [0.3, 0.4) is 0 Å². The Bertz CT molecular complexity index is 1090. The summed E-state index contributed by atoms with van der Waals surface area (Å²) in [7, 11) is 1.82. The number of hydrogen-bond donors (Lipinski definition) is 1. The highest BCUT2D eigenvalue weighted by molar-refractivity contribution is 5.73. The zero-order valence-corrected chi connectivity index (χ0v) is 17.1. The van der Waals surface area contributed by atoms with Gasteiger partial charge in [0, 0.05) is 25.2 Å². The topological polar surface area (TPSA) is 95.5 Å². The molecule has 0 spiro atoms. The normalized spacial score (nSPS) is 11.8. The van der Waals surface area contributed by atoms with Crippen LogP contribution in [0.25, 0.3) is 5.65 Å². The average molecular weight is 410 g/mol. The fourth-order valence-electron chi connectivity index (χ4n) is 3.21. The Morgan fingerprint density at radius 2 is 2.20 bits per heavy atom. The largest absolute Gasteiger partial charge is 0.489 e. The summed E-state index contributed by atoms with van der Waals surface area (Å²) in [6.07, 6.45) is 1.96. The highest BCUT2D eigenvalue weighted by atomic mass is 19.1. The molecule has 3 aromatic rings. The molecule has 2 aromatic heterocycles. The molecule has 0 aliphatic heterocycles. The molecule has 0 bridgehead atoms. The molecule has 9 heteroatoms. The lowest BCUT2D eigenvalue weighted by Gasteiger charge is -2.25. The minimum absolute atomic E-state index is 0.0557. The molecule has 30 heavy (non-hydrogen) atoms. The van der Waals surface area contributed by atoms with E-state index in [9.17, 15) is 14.4 Å². The lowest BCUT2D eigenvalue weighted by Crippen LogP contribution is -2.28. The summed E-state index contributed by atoms with van der Waals surface area (Å²) in [5.74, 6) is 0.415. The monoisotopic (exact) mass is 410 g/mol. The molecule has 0 aliphatic carbocycles. The van der Waals surface area contributed by atoms with E-state index in [0.717, 1.165) is 0 Å². The molecule has 0 fully saturated rings. The van der Waals surface area contributed by atoms with Crippen molar-refractivity contribution < 1.29 is 13.9 Å². The van der Waals surface area contributed by atoms with E-state index >= 15 is 0 Å². The number of benzene rings is 1. The number of halogens is 1. The lowest BCUT2D eigenvalue weighted by atomic mass is 10.1. The number of aldehydes is 1. The summed E-state index contributed by atoms with van der Waals surface area (Å²) in [4.78, 5) is 17.2. The van der Waals surface area contributed by atoms with Crippen molar-refractivity contribution in [1.82, 2.24) is 19.9 Å². The number of nitriles is 1. The van der Waals surface area contributed by atoms with Gasteiger partial charge < -0.3 is 15.0 Å². The Labute approximate surface area is 173 Å². The van der Waals surface area contributed by atoms with Crippen molar-refractivity contribution in [1.29, 1.82) is 5.26 Å². The first-order valence-corrected chi connectivity index (χ1v) is 9.60. The fourth-order valence-corrected chi connectivity index (χ4v) is 3.21. The third-order valence-corrected chi connectivity index (χ3v) is 4.70. The first-order valence-electron chi connectivity index (χ1n) is 9.60. The highest BCUT2D eigenvalue weighted by Crippen LogP contribution is 2.28. The van der Waals surface area contributed by atoms with E-state index in [4.69, 9.17) is 4.74 Å². The van der Waals surface area contributed by atoms with Gasteiger partial charge in [0.05, 0.1) is 11.8 Å². The smallest absolute Gasteiger partial charge is 0.170 e. The standard InChI is InChI=1S/C21H23FN6O2/c1-4-27(21-8-7-20-25-11-15(13-29)28(20)26-21)12-17-16(9-23)18(22)5-6-19(17)30-14(2)10-24-3/h5-8,11,13-14,24H,4,10,12H2,1-3H3. The Hall–Kier alpha value is -3.51. The van der Waals surface area contributed by atoms with Gasteiger partial charge >= 0.3 is 0 Å². The Kier molecular flexibility index (Phi) is 6.59. The third kappa shape index (κ3) is 4.23. The number of carbonyl (C=O) groups excluding carboxylic acids is 1. The summed E-state index contributed by atoms with van der Waals surface area (Å²) >= 11 is 0. The average Bonchev–Trinajstić information content (AvgIpc) is 3.16. The second-order valence-corrected chi connectivity index (χ2v) is 6.77. The summed E-state index contributed by atoms with van der Waals surface area (Å²) in [6, 6.07) is 8.27.